The average molecular weight is 414 g/mol. The van der Waals surface area contributed by atoms with Crippen LogP contribution in [0.25, 0.3) is 0 Å². The van der Waals surface area contributed by atoms with Crippen molar-refractivity contribution in [1.82, 2.24) is 10.2 Å². The number of aryl methyl sites for hydroxylation is 1. The van der Waals surface area contributed by atoms with Gasteiger partial charge in [-0.2, -0.15) is 0 Å². The van der Waals surface area contributed by atoms with E-state index in [1.54, 1.807) is 25.1 Å². The first-order valence-corrected chi connectivity index (χ1v) is 10.3. The lowest BCUT2D eigenvalue weighted by molar-refractivity contribution is -0.0957. The van der Waals surface area contributed by atoms with Crippen molar-refractivity contribution in [2.45, 2.75) is 36.9 Å². The van der Waals surface area contributed by atoms with E-state index < -0.39 is 17.2 Å². The van der Waals surface area contributed by atoms with E-state index in [0.717, 1.165) is 35.3 Å². The predicted octanol–water partition coefficient (Wildman–Crippen LogP) is 3.28. The highest BCUT2D eigenvalue weighted by Gasteiger charge is 2.62. The van der Waals surface area contributed by atoms with Crippen LogP contribution in [0.5, 0.6) is 5.75 Å². The number of hydrogen-bond donors (Lipinski definition) is 3. The molecule has 158 valence electrons. The van der Waals surface area contributed by atoms with Crippen LogP contribution in [0.15, 0.2) is 60.9 Å². The maximum atomic E-state index is 11.7. The first kappa shape index (κ1) is 20.8. The van der Waals surface area contributed by atoms with E-state index >= 15 is 0 Å². The summed E-state index contributed by atoms with van der Waals surface area (Å²) in [7, 11) is 3.46. The van der Waals surface area contributed by atoms with Crippen molar-refractivity contribution in [2.24, 2.45) is 0 Å². The molecule has 1 aliphatic carbocycles. The molecule has 1 aliphatic heterocycles. The van der Waals surface area contributed by atoms with Gasteiger partial charge in [0.15, 0.2) is 5.82 Å². The predicted molar refractivity (Wildman–Crippen MR) is 122 cm³/mol. The van der Waals surface area contributed by atoms with Gasteiger partial charge in [0.05, 0.1) is 18.1 Å². The molecule has 5 heteroatoms. The lowest BCUT2D eigenvalue weighted by Crippen LogP contribution is -2.70. The SMILES string of the molecule is C=CC#Cc1cccc([C@@]2(C)NC(=C=N)N(C)C(O)C23CCc2cc(OC)ccc23)c1. The van der Waals surface area contributed by atoms with Gasteiger partial charge in [0, 0.05) is 18.5 Å². The van der Waals surface area contributed by atoms with Gasteiger partial charge in [0.1, 0.15) is 12.0 Å². The number of likely N-dealkylation sites (N-methyl/N-ethyl adjacent to an activating group) is 1. The summed E-state index contributed by atoms with van der Waals surface area (Å²) in [6.45, 7) is 5.77. The monoisotopic (exact) mass is 413 g/mol. The fraction of sp³-hybridized carbons (Fsp3) is 0.308. The highest BCUT2D eigenvalue weighted by atomic mass is 16.5. The van der Waals surface area contributed by atoms with Gasteiger partial charge >= 0.3 is 0 Å². The van der Waals surface area contributed by atoms with Gasteiger partial charge in [-0.15, -0.1) is 0 Å². The number of methoxy groups -OCH3 is 1. The number of rotatable bonds is 2. The van der Waals surface area contributed by atoms with Crippen molar-refractivity contribution >= 4 is 5.87 Å². The summed E-state index contributed by atoms with van der Waals surface area (Å²) in [5.41, 5.74) is 2.78. The average Bonchev–Trinajstić information content (AvgIpc) is 3.19. The summed E-state index contributed by atoms with van der Waals surface area (Å²) >= 11 is 0. The minimum Gasteiger partial charge on any atom is -0.497 e. The number of nitrogens with zero attached hydrogens (tertiary/aromatic N) is 1. The molecule has 1 spiro atoms. The number of aliphatic hydroxyl groups is 1. The van der Waals surface area contributed by atoms with Crippen LogP contribution in [-0.4, -0.2) is 36.3 Å². The molecular weight excluding hydrogens is 386 g/mol. The van der Waals surface area contributed by atoms with Crippen molar-refractivity contribution < 1.29 is 9.84 Å². The van der Waals surface area contributed by atoms with Gasteiger partial charge in [-0.25, -0.2) is 0 Å². The van der Waals surface area contributed by atoms with E-state index in [9.17, 15) is 5.11 Å². The smallest absolute Gasteiger partial charge is 0.168 e. The molecule has 4 rings (SSSR count). The maximum absolute atomic E-state index is 11.7. The summed E-state index contributed by atoms with van der Waals surface area (Å²) in [6.07, 6.45) is 2.31. The molecule has 2 unspecified atom stereocenters. The third-order valence-corrected chi connectivity index (χ3v) is 6.88. The molecule has 0 amide bonds. The third kappa shape index (κ3) is 2.96. The fourth-order valence-corrected chi connectivity index (χ4v) is 5.23. The number of ether oxygens (including phenoxy) is 1. The summed E-state index contributed by atoms with van der Waals surface area (Å²) in [6, 6.07) is 14.1. The Morgan fingerprint density at radius 1 is 1.32 bits per heavy atom. The van der Waals surface area contributed by atoms with E-state index in [2.05, 4.69) is 54.7 Å². The van der Waals surface area contributed by atoms with Crippen LogP contribution in [0.4, 0.5) is 0 Å². The Hall–Kier alpha value is -3.45. The van der Waals surface area contributed by atoms with Crippen molar-refractivity contribution in [1.29, 1.82) is 5.41 Å². The van der Waals surface area contributed by atoms with Gasteiger partial charge in [-0.05, 0) is 66.8 Å². The Kier molecular flexibility index (Phi) is 5.15. The largest absolute Gasteiger partial charge is 0.497 e. The first-order chi connectivity index (χ1) is 14.9. The van der Waals surface area contributed by atoms with Crippen LogP contribution in [0.1, 0.15) is 35.6 Å². The van der Waals surface area contributed by atoms with Gasteiger partial charge in [-0.3, -0.25) is 5.41 Å². The number of nitrogens with one attached hydrogen (secondary N) is 2. The second kappa shape index (κ2) is 7.67. The van der Waals surface area contributed by atoms with E-state index in [0.29, 0.717) is 5.82 Å². The van der Waals surface area contributed by atoms with E-state index in [-0.39, 0.29) is 0 Å². The number of allylic oxidation sites excluding steroid dienone is 1. The quantitative estimate of drug-likeness (QED) is 0.522. The second-order valence-corrected chi connectivity index (χ2v) is 8.26. The van der Waals surface area contributed by atoms with E-state index in [1.807, 2.05) is 24.3 Å². The molecule has 3 atom stereocenters. The van der Waals surface area contributed by atoms with Gasteiger partial charge in [0.2, 0.25) is 0 Å². The fourth-order valence-electron chi connectivity index (χ4n) is 5.23. The van der Waals surface area contributed by atoms with Crippen molar-refractivity contribution in [3.05, 3.63) is 83.2 Å². The van der Waals surface area contributed by atoms with Crippen LogP contribution < -0.4 is 10.1 Å². The molecule has 0 saturated carbocycles. The summed E-state index contributed by atoms with van der Waals surface area (Å²) in [4.78, 5) is 1.70. The van der Waals surface area contributed by atoms with Crippen LogP contribution in [-0.2, 0) is 17.4 Å². The topological polar surface area (TPSA) is 68.6 Å². The zero-order chi connectivity index (χ0) is 22.2. The summed E-state index contributed by atoms with van der Waals surface area (Å²) in [5.74, 6) is 9.74. The van der Waals surface area contributed by atoms with Gasteiger partial charge in [0.25, 0.3) is 0 Å². The molecule has 2 aromatic carbocycles. The molecular formula is C26H27N3O2. The molecule has 3 N–H and O–H groups in total. The van der Waals surface area contributed by atoms with Crippen LogP contribution >= 0.6 is 0 Å². The zero-order valence-corrected chi connectivity index (χ0v) is 18.1. The summed E-state index contributed by atoms with van der Waals surface area (Å²) in [5, 5.41) is 23.0. The molecule has 2 aliphatic rings. The molecule has 1 fully saturated rings. The van der Waals surface area contributed by atoms with Crippen molar-refractivity contribution in [2.75, 3.05) is 14.2 Å². The summed E-state index contributed by atoms with van der Waals surface area (Å²) < 4.78 is 5.44. The Morgan fingerprint density at radius 2 is 2.13 bits per heavy atom. The number of fused-ring (bicyclic) bond motifs is 2. The number of aliphatic hydroxyl groups excluding tert-OH is 1. The standard InChI is InChI=1S/C26H27N3O2/c1-5-6-8-18-9-7-10-20(15-18)25(2)26(24(30)29(3)23(17-27)28-25)14-13-19-16-21(31-4)11-12-22(19)26/h5,7,9-12,15-16,24,27-28,30H,1,13-14H2,2-4H3/t24?,25-,26?/m1/s1. The Bertz CT molecular complexity index is 1150. The molecule has 5 nitrogen and oxygen atoms in total. The van der Waals surface area contributed by atoms with E-state index in [1.165, 1.54) is 5.56 Å². The molecule has 1 heterocycles. The normalized spacial score (nSPS) is 26.4. The van der Waals surface area contributed by atoms with E-state index in [4.69, 9.17) is 10.1 Å². The highest BCUT2D eigenvalue weighted by Crippen LogP contribution is 2.56. The Balaban J connectivity index is 1.97. The molecule has 1 saturated heterocycles. The Morgan fingerprint density at radius 3 is 2.84 bits per heavy atom. The Labute approximate surface area is 183 Å². The molecule has 0 bridgehead atoms. The molecule has 0 radical (unpaired) electrons. The molecule has 31 heavy (non-hydrogen) atoms. The number of benzene rings is 2. The maximum Gasteiger partial charge on any atom is 0.168 e. The van der Waals surface area contributed by atoms with Crippen molar-refractivity contribution in [3.8, 4) is 17.6 Å². The van der Waals surface area contributed by atoms with Crippen LogP contribution in [0, 0.1) is 17.3 Å². The minimum absolute atomic E-state index is 0.449. The minimum atomic E-state index is -0.843. The van der Waals surface area contributed by atoms with Gasteiger partial charge < -0.3 is 20.1 Å². The second-order valence-electron chi connectivity index (χ2n) is 8.26. The van der Waals surface area contributed by atoms with Crippen LogP contribution in [0.3, 0.4) is 0 Å². The van der Waals surface area contributed by atoms with Crippen LogP contribution in [0.2, 0.25) is 0 Å². The number of hydrogen-bond acceptors (Lipinski definition) is 5. The lowest BCUT2D eigenvalue weighted by Gasteiger charge is -2.57. The highest BCUT2D eigenvalue weighted by molar-refractivity contribution is 5.58. The van der Waals surface area contributed by atoms with Crippen molar-refractivity contribution in [3.63, 3.8) is 0 Å². The lowest BCUT2D eigenvalue weighted by atomic mass is 9.60. The molecule has 0 aromatic heterocycles. The van der Waals surface area contributed by atoms with Gasteiger partial charge in [-0.1, -0.05) is 36.6 Å². The zero-order valence-electron chi connectivity index (χ0n) is 18.1. The molecule has 2 aromatic rings. The third-order valence-electron chi connectivity index (χ3n) is 6.88. The first-order valence-electron chi connectivity index (χ1n) is 10.3.